The SMILES string of the molecule is COc1ccc2cc1OCCCNC(=O)c1cc(ccc1O)Oc1ccc3c(c1)CCN(S(=O)(=O)c1cc(F)ccc1C)C23.O=CO. The van der Waals surface area contributed by atoms with Crippen molar-refractivity contribution in [1.29, 1.82) is 0 Å². The number of ether oxygens (including phenoxy) is 3. The van der Waals surface area contributed by atoms with Crippen LogP contribution in [0.15, 0.2) is 77.7 Å². The lowest BCUT2D eigenvalue weighted by atomic mass is 9.89. The van der Waals surface area contributed by atoms with E-state index in [4.69, 9.17) is 24.1 Å². The van der Waals surface area contributed by atoms with Crippen LogP contribution in [-0.4, -0.2) is 62.1 Å². The molecule has 3 heterocycles. The van der Waals surface area contributed by atoms with Gasteiger partial charge in [-0.25, -0.2) is 12.8 Å². The Balaban J connectivity index is 0.00000139. The maximum atomic E-state index is 14.3. The molecule has 0 saturated heterocycles. The highest BCUT2D eigenvalue weighted by Crippen LogP contribution is 2.43. The molecule has 0 aliphatic carbocycles. The Labute approximate surface area is 271 Å². The van der Waals surface area contributed by atoms with E-state index in [1.807, 2.05) is 12.1 Å². The number of aromatic hydroxyl groups is 1. The van der Waals surface area contributed by atoms with Crippen molar-refractivity contribution in [2.24, 2.45) is 0 Å². The van der Waals surface area contributed by atoms with Crippen molar-refractivity contribution in [3.05, 3.63) is 106 Å². The van der Waals surface area contributed by atoms with Gasteiger partial charge in [-0.2, -0.15) is 4.31 Å². The summed E-state index contributed by atoms with van der Waals surface area (Å²) < 4.78 is 61.8. The molecule has 4 aromatic rings. The zero-order valence-corrected chi connectivity index (χ0v) is 26.4. The molecule has 7 rings (SSSR count). The van der Waals surface area contributed by atoms with Gasteiger partial charge in [0.05, 0.1) is 30.2 Å². The number of nitrogens with zero attached hydrogens (tertiary/aromatic N) is 1. The summed E-state index contributed by atoms with van der Waals surface area (Å²) in [5.74, 6) is 0.457. The average Bonchev–Trinajstić information content (AvgIpc) is 3.05. The summed E-state index contributed by atoms with van der Waals surface area (Å²) in [6.07, 6.45) is 0.823. The quantitative estimate of drug-likeness (QED) is 0.251. The largest absolute Gasteiger partial charge is 0.507 e. The maximum absolute atomic E-state index is 14.3. The second-order valence-electron chi connectivity index (χ2n) is 10.8. The minimum absolute atomic E-state index is 0.0745. The van der Waals surface area contributed by atoms with Crippen molar-refractivity contribution in [3.63, 3.8) is 0 Å². The number of methoxy groups -OCH3 is 1. The molecule has 8 bridgehead atoms. The first kappa shape index (κ1) is 33.2. The first-order valence-electron chi connectivity index (χ1n) is 14.7. The van der Waals surface area contributed by atoms with Crippen molar-refractivity contribution in [1.82, 2.24) is 9.62 Å². The Morgan fingerprint density at radius 1 is 1.04 bits per heavy atom. The molecule has 4 aromatic carbocycles. The van der Waals surface area contributed by atoms with Crippen molar-refractivity contribution >= 4 is 22.4 Å². The summed E-state index contributed by atoms with van der Waals surface area (Å²) in [5.41, 5.74) is 2.77. The van der Waals surface area contributed by atoms with Crippen LogP contribution >= 0.6 is 0 Å². The molecule has 3 aliphatic heterocycles. The number of benzene rings is 4. The number of aryl methyl sites for hydroxylation is 1. The topological polar surface area (TPSA) is 152 Å². The minimum atomic E-state index is -4.14. The molecular weight excluding hydrogens is 631 g/mol. The molecule has 3 aliphatic rings. The third kappa shape index (κ3) is 7.00. The number of rotatable bonds is 3. The van der Waals surface area contributed by atoms with E-state index in [0.29, 0.717) is 47.0 Å². The monoisotopic (exact) mass is 664 g/mol. The Bertz CT molecular complexity index is 1920. The van der Waals surface area contributed by atoms with Crippen molar-refractivity contribution in [2.45, 2.75) is 30.7 Å². The van der Waals surface area contributed by atoms with Crippen LogP contribution in [-0.2, 0) is 21.2 Å². The molecular formula is C34H33FN2O9S. The molecule has 1 atom stereocenters. The van der Waals surface area contributed by atoms with Gasteiger partial charge in [0.15, 0.2) is 11.5 Å². The van der Waals surface area contributed by atoms with Gasteiger partial charge in [-0.3, -0.25) is 9.59 Å². The van der Waals surface area contributed by atoms with Gasteiger partial charge in [0, 0.05) is 13.1 Å². The molecule has 1 amide bonds. The number of phenolic OH excluding ortho intramolecular Hbond substituents is 1. The lowest BCUT2D eigenvalue weighted by Gasteiger charge is -2.37. The van der Waals surface area contributed by atoms with Crippen molar-refractivity contribution in [2.75, 3.05) is 26.8 Å². The fourth-order valence-corrected chi connectivity index (χ4v) is 7.48. The number of hydrogen-bond acceptors (Lipinski definition) is 8. The fraction of sp³-hybridized carbons (Fsp3) is 0.235. The number of carbonyl (C=O) groups excluding carboxylic acids is 1. The number of nitrogens with one attached hydrogen (secondary N) is 1. The third-order valence-electron chi connectivity index (χ3n) is 7.85. The van der Waals surface area contributed by atoms with Crippen LogP contribution in [0.5, 0.6) is 28.7 Å². The molecule has 3 N–H and O–H groups in total. The van der Waals surface area contributed by atoms with Crippen LogP contribution < -0.4 is 19.5 Å². The number of hydrogen-bond donors (Lipinski definition) is 3. The number of carbonyl (C=O) groups is 2. The summed E-state index contributed by atoms with van der Waals surface area (Å²) in [7, 11) is -2.63. The Kier molecular flexibility index (Phi) is 9.97. The maximum Gasteiger partial charge on any atom is 0.290 e. The molecule has 0 spiro atoms. The van der Waals surface area contributed by atoms with E-state index in [-0.39, 0.29) is 42.4 Å². The molecule has 1 unspecified atom stereocenters. The van der Waals surface area contributed by atoms with Crippen LogP contribution in [0, 0.1) is 12.7 Å². The van der Waals surface area contributed by atoms with E-state index in [1.165, 1.54) is 35.7 Å². The van der Waals surface area contributed by atoms with Gasteiger partial charge in [-0.15, -0.1) is 0 Å². The van der Waals surface area contributed by atoms with Gasteiger partial charge in [-0.1, -0.05) is 18.2 Å². The van der Waals surface area contributed by atoms with Crippen LogP contribution in [0.3, 0.4) is 0 Å². The number of phenols is 1. The molecule has 246 valence electrons. The van der Waals surface area contributed by atoms with Gasteiger partial charge in [0.25, 0.3) is 12.4 Å². The lowest BCUT2D eigenvalue weighted by Crippen LogP contribution is -2.40. The number of carboxylic acid groups (broad SMARTS) is 1. The second kappa shape index (κ2) is 14.1. The first-order valence-corrected chi connectivity index (χ1v) is 16.1. The predicted molar refractivity (Wildman–Crippen MR) is 169 cm³/mol. The highest BCUT2D eigenvalue weighted by molar-refractivity contribution is 7.89. The third-order valence-corrected chi connectivity index (χ3v) is 9.86. The van der Waals surface area contributed by atoms with E-state index >= 15 is 0 Å². The Morgan fingerprint density at radius 2 is 1.79 bits per heavy atom. The van der Waals surface area contributed by atoms with Crippen LogP contribution in [0.2, 0.25) is 0 Å². The summed E-state index contributed by atoms with van der Waals surface area (Å²) >= 11 is 0. The summed E-state index contributed by atoms with van der Waals surface area (Å²) in [4.78, 5) is 21.1. The molecule has 0 aromatic heterocycles. The molecule has 47 heavy (non-hydrogen) atoms. The standard InChI is InChI=1S/C33H31FN2O7S.CH2O2/c1-20-4-6-23(34)18-31(20)44(39,40)36-14-12-21-16-24-7-9-26(21)32(36)22-5-11-29(41-2)30(17-22)42-15-3-13-35-33(38)27-19-25(43-24)8-10-28(27)37;2-1-3/h4-11,16-19,32,37H,3,12-15H2,1-2H3,(H,35,38);1H,(H,2,3). The molecule has 0 saturated carbocycles. The molecule has 13 heteroatoms. The normalized spacial score (nSPS) is 16.2. The lowest BCUT2D eigenvalue weighted by molar-refractivity contribution is -0.122. The van der Waals surface area contributed by atoms with Crippen LogP contribution in [0.1, 0.15) is 45.1 Å². The summed E-state index contributed by atoms with van der Waals surface area (Å²) in [6.45, 7) is 2.03. The fourth-order valence-electron chi connectivity index (χ4n) is 5.65. The number of fused-ring (bicyclic) bond motifs is 6. The van der Waals surface area contributed by atoms with Crippen molar-refractivity contribution < 1.29 is 46.8 Å². The minimum Gasteiger partial charge on any atom is -0.507 e. The van der Waals surface area contributed by atoms with E-state index in [1.54, 1.807) is 37.3 Å². The van der Waals surface area contributed by atoms with E-state index < -0.39 is 27.8 Å². The van der Waals surface area contributed by atoms with E-state index in [9.17, 15) is 22.7 Å². The molecule has 0 fully saturated rings. The van der Waals surface area contributed by atoms with Crippen LogP contribution in [0.4, 0.5) is 4.39 Å². The smallest absolute Gasteiger partial charge is 0.290 e. The van der Waals surface area contributed by atoms with Crippen LogP contribution in [0.25, 0.3) is 0 Å². The zero-order chi connectivity index (χ0) is 33.7. The number of sulfonamides is 1. The second-order valence-corrected chi connectivity index (χ2v) is 12.7. The summed E-state index contributed by atoms with van der Waals surface area (Å²) in [6, 6.07) is 18.1. The Hall–Kier alpha value is -5.14. The Morgan fingerprint density at radius 3 is 2.55 bits per heavy atom. The van der Waals surface area contributed by atoms with Gasteiger partial charge in [0.1, 0.15) is 23.1 Å². The average molecular weight is 665 g/mol. The molecule has 11 nitrogen and oxygen atoms in total. The van der Waals surface area contributed by atoms with E-state index in [0.717, 1.165) is 17.2 Å². The van der Waals surface area contributed by atoms with Gasteiger partial charge < -0.3 is 29.7 Å². The van der Waals surface area contributed by atoms with Crippen molar-refractivity contribution in [3.8, 4) is 28.7 Å². The van der Waals surface area contributed by atoms with Gasteiger partial charge >= 0.3 is 0 Å². The highest BCUT2D eigenvalue weighted by Gasteiger charge is 2.39. The predicted octanol–water partition coefficient (Wildman–Crippen LogP) is 5.19. The molecule has 0 radical (unpaired) electrons. The highest BCUT2D eigenvalue weighted by atomic mass is 32.2. The number of halogens is 1. The van der Waals surface area contributed by atoms with Gasteiger partial charge in [0.2, 0.25) is 10.0 Å². The van der Waals surface area contributed by atoms with Gasteiger partial charge in [-0.05, 0) is 96.6 Å². The zero-order valence-electron chi connectivity index (χ0n) is 25.6. The number of amides is 1. The first-order chi connectivity index (χ1) is 22.6. The van der Waals surface area contributed by atoms with E-state index in [2.05, 4.69) is 5.32 Å². The summed E-state index contributed by atoms with van der Waals surface area (Å²) in [5, 5.41) is 20.0.